The number of fused-ring (bicyclic) bond motifs is 1. The van der Waals surface area contributed by atoms with Crippen molar-refractivity contribution in [3.8, 4) is 11.3 Å². The van der Waals surface area contributed by atoms with E-state index in [9.17, 15) is 9.59 Å². The minimum absolute atomic E-state index is 0.144. The molecular formula is C22H22N4O2. The molecule has 0 radical (unpaired) electrons. The molecule has 4 rings (SSSR count). The highest BCUT2D eigenvalue weighted by atomic mass is 16.2. The smallest absolute Gasteiger partial charge is 0.255 e. The van der Waals surface area contributed by atoms with Crippen LogP contribution in [-0.2, 0) is 17.6 Å². The van der Waals surface area contributed by atoms with E-state index in [0.29, 0.717) is 11.3 Å². The van der Waals surface area contributed by atoms with Gasteiger partial charge in [0.05, 0.1) is 5.69 Å². The Morgan fingerprint density at radius 3 is 2.54 bits per heavy atom. The van der Waals surface area contributed by atoms with Crippen molar-refractivity contribution in [1.82, 2.24) is 10.2 Å². The summed E-state index contributed by atoms with van der Waals surface area (Å²) in [5, 5.41) is 13.3. The first-order chi connectivity index (χ1) is 13.6. The molecule has 0 spiro atoms. The number of hydrogen-bond acceptors (Lipinski definition) is 3. The van der Waals surface area contributed by atoms with Gasteiger partial charge in [-0.15, -0.1) is 0 Å². The van der Waals surface area contributed by atoms with Crippen molar-refractivity contribution in [2.24, 2.45) is 0 Å². The van der Waals surface area contributed by atoms with Crippen molar-refractivity contribution in [2.75, 3.05) is 10.6 Å². The molecule has 6 heteroatoms. The molecule has 0 bridgehead atoms. The van der Waals surface area contributed by atoms with Gasteiger partial charge in [0, 0.05) is 40.7 Å². The van der Waals surface area contributed by atoms with Crippen molar-refractivity contribution in [1.29, 1.82) is 0 Å². The number of aromatic nitrogens is 2. The van der Waals surface area contributed by atoms with E-state index in [2.05, 4.69) is 20.8 Å². The Morgan fingerprint density at radius 2 is 1.75 bits per heavy atom. The minimum atomic E-state index is -0.199. The van der Waals surface area contributed by atoms with E-state index in [-0.39, 0.29) is 11.8 Å². The molecule has 0 saturated carbocycles. The van der Waals surface area contributed by atoms with Gasteiger partial charge in [-0.25, -0.2) is 0 Å². The zero-order valence-electron chi connectivity index (χ0n) is 15.7. The van der Waals surface area contributed by atoms with Crippen LogP contribution < -0.4 is 10.6 Å². The number of H-pyrrole nitrogens is 1. The maximum atomic E-state index is 12.6. The fourth-order valence-electron chi connectivity index (χ4n) is 3.58. The quantitative estimate of drug-likeness (QED) is 0.641. The Labute approximate surface area is 163 Å². The number of anilines is 2. The number of nitrogens with zero attached hydrogens (tertiary/aromatic N) is 1. The summed E-state index contributed by atoms with van der Waals surface area (Å²) in [4.78, 5) is 23.7. The molecule has 28 heavy (non-hydrogen) atoms. The third-order valence-electron chi connectivity index (χ3n) is 4.92. The second kappa shape index (κ2) is 7.68. The first kappa shape index (κ1) is 18.0. The number of carbonyl (C=O) groups excluding carboxylic acids is 2. The predicted octanol–water partition coefficient (Wildman–Crippen LogP) is 4.17. The zero-order chi connectivity index (χ0) is 19.5. The second-order valence-electron chi connectivity index (χ2n) is 7.03. The number of benzene rings is 2. The van der Waals surface area contributed by atoms with Gasteiger partial charge in [-0.1, -0.05) is 12.1 Å². The number of amides is 2. The maximum Gasteiger partial charge on any atom is 0.255 e. The molecule has 3 aromatic rings. The lowest BCUT2D eigenvalue weighted by Gasteiger charge is -2.12. The van der Waals surface area contributed by atoms with Crippen LogP contribution in [0.5, 0.6) is 0 Å². The highest BCUT2D eigenvalue weighted by Crippen LogP contribution is 2.30. The predicted molar refractivity (Wildman–Crippen MR) is 109 cm³/mol. The molecule has 1 aliphatic carbocycles. The Morgan fingerprint density at radius 1 is 0.964 bits per heavy atom. The molecule has 0 unspecified atom stereocenters. The monoisotopic (exact) mass is 374 g/mol. The van der Waals surface area contributed by atoms with Crippen molar-refractivity contribution in [3.63, 3.8) is 0 Å². The molecule has 6 nitrogen and oxygen atoms in total. The van der Waals surface area contributed by atoms with Gasteiger partial charge >= 0.3 is 0 Å². The molecule has 0 aliphatic heterocycles. The third-order valence-corrected chi connectivity index (χ3v) is 4.92. The summed E-state index contributed by atoms with van der Waals surface area (Å²) >= 11 is 0. The van der Waals surface area contributed by atoms with Gasteiger partial charge in [-0.3, -0.25) is 14.7 Å². The van der Waals surface area contributed by atoms with Crippen molar-refractivity contribution in [2.45, 2.75) is 32.6 Å². The van der Waals surface area contributed by atoms with E-state index in [4.69, 9.17) is 0 Å². The van der Waals surface area contributed by atoms with Crippen LogP contribution in [0.2, 0.25) is 0 Å². The third kappa shape index (κ3) is 3.81. The van der Waals surface area contributed by atoms with Crippen LogP contribution >= 0.6 is 0 Å². The molecule has 1 aliphatic rings. The second-order valence-corrected chi connectivity index (χ2v) is 7.03. The molecule has 1 aromatic heterocycles. The standard InChI is InChI=1S/C22H22N4O2/c1-14(27)23-17-11-9-15(10-12-17)22(28)24-18-6-4-5-16(13-18)21-19-7-2-3-8-20(19)25-26-21/h4-6,9-13H,2-3,7-8H2,1H3,(H,23,27)(H,24,28)(H,25,26). The summed E-state index contributed by atoms with van der Waals surface area (Å²) in [5.74, 6) is -0.342. The zero-order valence-corrected chi connectivity index (χ0v) is 15.7. The van der Waals surface area contributed by atoms with Gasteiger partial charge in [-0.05, 0) is 62.1 Å². The van der Waals surface area contributed by atoms with E-state index in [0.717, 1.165) is 29.8 Å². The van der Waals surface area contributed by atoms with Crippen LogP contribution in [0.1, 0.15) is 41.4 Å². The summed E-state index contributed by atoms with van der Waals surface area (Å²) < 4.78 is 0. The van der Waals surface area contributed by atoms with Gasteiger partial charge in [-0.2, -0.15) is 5.10 Å². The number of rotatable bonds is 4. The first-order valence-electron chi connectivity index (χ1n) is 9.46. The van der Waals surface area contributed by atoms with Crippen LogP contribution in [0.15, 0.2) is 48.5 Å². The summed E-state index contributed by atoms with van der Waals surface area (Å²) in [5.41, 5.74) is 6.41. The molecule has 0 saturated heterocycles. The van der Waals surface area contributed by atoms with E-state index >= 15 is 0 Å². The van der Waals surface area contributed by atoms with E-state index in [1.165, 1.54) is 31.0 Å². The highest BCUT2D eigenvalue weighted by Gasteiger charge is 2.18. The van der Waals surface area contributed by atoms with Crippen molar-refractivity contribution < 1.29 is 9.59 Å². The van der Waals surface area contributed by atoms with Crippen LogP contribution in [-0.4, -0.2) is 22.0 Å². The number of aromatic amines is 1. The fourth-order valence-corrected chi connectivity index (χ4v) is 3.58. The molecule has 0 atom stereocenters. The number of aryl methyl sites for hydroxylation is 1. The van der Waals surface area contributed by atoms with Gasteiger partial charge in [0.2, 0.25) is 5.91 Å². The lowest BCUT2D eigenvalue weighted by molar-refractivity contribution is -0.114. The van der Waals surface area contributed by atoms with Crippen LogP contribution in [0.3, 0.4) is 0 Å². The average Bonchev–Trinajstić information content (AvgIpc) is 3.12. The molecule has 1 heterocycles. The summed E-state index contributed by atoms with van der Waals surface area (Å²) in [7, 11) is 0. The van der Waals surface area contributed by atoms with E-state index in [1.807, 2.05) is 24.3 Å². The largest absolute Gasteiger partial charge is 0.326 e. The fraction of sp³-hybridized carbons (Fsp3) is 0.227. The summed E-state index contributed by atoms with van der Waals surface area (Å²) in [6.07, 6.45) is 4.47. The van der Waals surface area contributed by atoms with E-state index < -0.39 is 0 Å². The van der Waals surface area contributed by atoms with Crippen LogP contribution in [0.4, 0.5) is 11.4 Å². The van der Waals surface area contributed by atoms with Crippen LogP contribution in [0, 0.1) is 0 Å². The lowest BCUT2D eigenvalue weighted by Crippen LogP contribution is -2.12. The number of carbonyl (C=O) groups is 2. The van der Waals surface area contributed by atoms with Gasteiger partial charge in [0.25, 0.3) is 5.91 Å². The highest BCUT2D eigenvalue weighted by molar-refractivity contribution is 6.05. The maximum absolute atomic E-state index is 12.6. The normalized spacial score (nSPS) is 12.9. The first-order valence-corrected chi connectivity index (χ1v) is 9.46. The number of hydrogen-bond donors (Lipinski definition) is 3. The molecule has 142 valence electrons. The molecule has 0 fully saturated rings. The van der Waals surface area contributed by atoms with Crippen molar-refractivity contribution in [3.05, 3.63) is 65.4 Å². The van der Waals surface area contributed by atoms with Gasteiger partial charge < -0.3 is 10.6 Å². The Bertz CT molecular complexity index is 1020. The Balaban J connectivity index is 1.51. The van der Waals surface area contributed by atoms with Gasteiger partial charge in [0.15, 0.2) is 0 Å². The Hall–Kier alpha value is -3.41. The average molecular weight is 374 g/mol. The molecule has 2 aromatic carbocycles. The Kier molecular flexibility index (Phi) is 4.93. The molecule has 3 N–H and O–H groups in total. The number of nitrogens with one attached hydrogen (secondary N) is 3. The molecule has 2 amide bonds. The minimum Gasteiger partial charge on any atom is -0.326 e. The van der Waals surface area contributed by atoms with Crippen molar-refractivity contribution >= 4 is 23.2 Å². The van der Waals surface area contributed by atoms with Crippen LogP contribution in [0.25, 0.3) is 11.3 Å². The molecular weight excluding hydrogens is 352 g/mol. The SMILES string of the molecule is CC(=O)Nc1ccc(C(=O)Nc2cccc(-c3n[nH]c4c3CCCC4)c2)cc1. The topological polar surface area (TPSA) is 86.9 Å². The summed E-state index contributed by atoms with van der Waals surface area (Å²) in [6.45, 7) is 1.45. The van der Waals surface area contributed by atoms with E-state index in [1.54, 1.807) is 24.3 Å². The van der Waals surface area contributed by atoms with Gasteiger partial charge in [0.1, 0.15) is 0 Å². The summed E-state index contributed by atoms with van der Waals surface area (Å²) in [6, 6.07) is 14.6. The lowest BCUT2D eigenvalue weighted by atomic mass is 9.93.